The minimum Gasteiger partial charge on any atom is -0.298 e. The molecular weight excluding hydrogens is 390 g/mol. The molecule has 29 heavy (non-hydrogen) atoms. The molecular formula is C23H16F2N2OS. The predicted octanol–water partition coefficient (Wildman–Crippen LogP) is 5.93. The average molecular weight is 406 g/mol. The van der Waals surface area contributed by atoms with Crippen LogP contribution in [0.3, 0.4) is 0 Å². The third-order valence-electron chi connectivity index (χ3n) is 4.41. The molecule has 0 saturated carbocycles. The van der Waals surface area contributed by atoms with Crippen molar-refractivity contribution < 1.29 is 13.6 Å². The Hall–Kier alpha value is -3.38. The molecule has 1 N–H and O–H groups in total. The van der Waals surface area contributed by atoms with Gasteiger partial charge >= 0.3 is 0 Å². The van der Waals surface area contributed by atoms with E-state index in [2.05, 4.69) is 22.4 Å². The second-order valence-corrected chi connectivity index (χ2v) is 7.34. The minimum atomic E-state index is -0.934. The van der Waals surface area contributed by atoms with Gasteiger partial charge in [-0.15, -0.1) is 11.3 Å². The lowest BCUT2D eigenvalue weighted by molar-refractivity contribution is 0.102. The molecule has 4 aromatic rings. The quantitative estimate of drug-likeness (QED) is 0.446. The summed E-state index contributed by atoms with van der Waals surface area (Å²) >= 11 is 1.22. The summed E-state index contributed by atoms with van der Waals surface area (Å²) in [5.41, 5.74) is 3.76. The molecule has 0 radical (unpaired) electrons. The molecule has 1 aromatic heterocycles. The Bertz CT molecular complexity index is 1140. The van der Waals surface area contributed by atoms with Crippen LogP contribution in [0.5, 0.6) is 0 Å². The Kier molecular flexibility index (Phi) is 5.44. The molecule has 0 unspecified atom stereocenters. The first-order chi connectivity index (χ1) is 14.1. The maximum atomic E-state index is 13.4. The second kappa shape index (κ2) is 8.32. The average Bonchev–Trinajstić information content (AvgIpc) is 3.20. The molecule has 0 aliphatic carbocycles. The standard InChI is InChI=1S/C23H16F2N2OS/c24-19-11-10-18(13-20(19)25)21-14-29-23(26-21)27-22(28)17-8-6-16(7-9-17)12-15-4-2-1-3-5-15/h1-11,13-14H,12H2,(H,26,27,28). The Morgan fingerprint density at radius 1 is 0.897 bits per heavy atom. The number of hydrogen-bond donors (Lipinski definition) is 1. The fraction of sp³-hybridized carbons (Fsp3) is 0.0435. The molecule has 6 heteroatoms. The predicted molar refractivity (Wildman–Crippen MR) is 111 cm³/mol. The summed E-state index contributed by atoms with van der Waals surface area (Å²) in [5, 5.41) is 4.82. The van der Waals surface area contributed by atoms with Gasteiger partial charge in [0.1, 0.15) is 0 Å². The smallest absolute Gasteiger partial charge is 0.257 e. The molecule has 0 aliphatic rings. The summed E-state index contributed by atoms with van der Waals surface area (Å²) in [5.74, 6) is -2.12. The van der Waals surface area contributed by atoms with E-state index in [1.807, 2.05) is 30.3 Å². The Balaban J connectivity index is 1.43. The number of halogens is 2. The van der Waals surface area contributed by atoms with Crippen LogP contribution >= 0.6 is 11.3 Å². The molecule has 144 valence electrons. The van der Waals surface area contributed by atoms with Gasteiger partial charge < -0.3 is 0 Å². The van der Waals surface area contributed by atoms with Crippen LogP contribution in [0.4, 0.5) is 13.9 Å². The van der Waals surface area contributed by atoms with Gasteiger partial charge in [-0.2, -0.15) is 0 Å². The van der Waals surface area contributed by atoms with Crippen LogP contribution in [0, 0.1) is 11.6 Å². The second-order valence-electron chi connectivity index (χ2n) is 6.48. The third-order valence-corrected chi connectivity index (χ3v) is 5.16. The minimum absolute atomic E-state index is 0.276. The van der Waals surface area contributed by atoms with Gasteiger partial charge in [-0.05, 0) is 47.9 Å². The molecule has 1 heterocycles. The lowest BCUT2D eigenvalue weighted by atomic mass is 10.0. The lowest BCUT2D eigenvalue weighted by Gasteiger charge is -2.05. The summed E-state index contributed by atoms with van der Waals surface area (Å²) in [6.45, 7) is 0. The van der Waals surface area contributed by atoms with Crippen LogP contribution in [0.15, 0.2) is 78.2 Å². The van der Waals surface area contributed by atoms with Crippen LogP contribution in [-0.2, 0) is 6.42 Å². The summed E-state index contributed by atoms with van der Waals surface area (Å²) in [6, 6.07) is 21.1. The highest BCUT2D eigenvalue weighted by Gasteiger charge is 2.12. The lowest BCUT2D eigenvalue weighted by Crippen LogP contribution is -2.11. The Morgan fingerprint density at radius 3 is 2.34 bits per heavy atom. The van der Waals surface area contributed by atoms with Gasteiger partial charge in [0, 0.05) is 16.5 Å². The number of benzene rings is 3. The molecule has 0 spiro atoms. The van der Waals surface area contributed by atoms with Crippen molar-refractivity contribution in [2.45, 2.75) is 6.42 Å². The molecule has 0 saturated heterocycles. The maximum Gasteiger partial charge on any atom is 0.257 e. The zero-order valence-electron chi connectivity index (χ0n) is 15.2. The fourth-order valence-electron chi connectivity index (χ4n) is 2.89. The zero-order chi connectivity index (χ0) is 20.2. The van der Waals surface area contributed by atoms with E-state index in [0.717, 1.165) is 24.1 Å². The number of carbonyl (C=O) groups excluding carboxylic acids is 1. The van der Waals surface area contributed by atoms with Crippen molar-refractivity contribution in [3.05, 3.63) is 107 Å². The number of nitrogens with one attached hydrogen (secondary N) is 1. The summed E-state index contributed by atoms with van der Waals surface area (Å²) in [6.07, 6.45) is 0.798. The number of rotatable bonds is 5. The molecule has 3 nitrogen and oxygen atoms in total. The molecule has 1 amide bonds. The molecule has 0 fully saturated rings. The molecule has 0 bridgehead atoms. The highest BCUT2D eigenvalue weighted by molar-refractivity contribution is 7.14. The molecule has 4 rings (SSSR count). The molecule has 0 aliphatic heterocycles. The maximum absolute atomic E-state index is 13.4. The van der Waals surface area contributed by atoms with Crippen molar-refractivity contribution in [3.63, 3.8) is 0 Å². The van der Waals surface area contributed by atoms with E-state index >= 15 is 0 Å². The number of nitrogens with zero attached hydrogens (tertiary/aromatic N) is 1. The van der Waals surface area contributed by atoms with Gasteiger partial charge in [0.25, 0.3) is 5.91 Å². The van der Waals surface area contributed by atoms with Crippen molar-refractivity contribution in [1.29, 1.82) is 0 Å². The van der Waals surface area contributed by atoms with Gasteiger partial charge in [0.2, 0.25) is 0 Å². The number of anilines is 1. The van der Waals surface area contributed by atoms with Gasteiger partial charge in [0.05, 0.1) is 5.69 Å². The SMILES string of the molecule is O=C(Nc1nc(-c2ccc(F)c(F)c2)cs1)c1ccc(Cc2ccccc2)cc1. The van der Waals surface area contributed by atoms with Gasteiger partial charge in [-0.25, -0.2) is 13.8 Å². The third kappa shape index (κ3) is 4.55. The van der Waals surface area contributed by atoms with Crippen molar-refractivity contribution in [2.24, 2.45) is 0 Å². The van der Waals surface area contributed by atoms with Crippen molar-refractivity contribution in [2.75, 3.05) is 5.32 Å². The van der Waals surface area contributed by atoms with Crippen molar-refractivity contribution in [3.8, 4) is 11.3 Å². The van der Waals surface area contributed by atoms with Gasteiger partial charge in [0.15, 0.2) is 16.8 Å². The first kappa shape index (κ1) is 19.0. The van der Waals surface area contributed by atoms with Gasteiger partial charge in [-0.1, -0.05) is 42.5 Å². The van der Waals surface area contributed by atoms with Crippen LogP contribution in [0.25, 0.3) is 11.3 Å². The highest BCUT2D eigenvalue weighted by Crippen LogP contribution is 2.26. The fourth-order valence-corrected chi connectivity index (χ4v) is 3.61. The van der Waals surface area contributed by atoms with E-state index in [0.29, 0.717) is 22.0 Å². The van der Waals surface area contributed by atoms with Crippen LogP contribution in [0.2, 0.25) is 0 Å². The number of aromatic nitrogens is 1. The van der Waals surface area contributed by atoms with Crippen LogP contribution in [-0.4, -0.2) is 10.9 Å². The van der Waals surface area contributed by atoms with E-state index < -0.39 is 11.6 Å². The van der Waals surface area contributed by atoms with E-state index in [-0.39, 0.29) is 5.91 Å². The number of hydrogen-bond acceptors (Lipinski definition) is 3. The van der Waals surface area contributed by atoms with E-state index in [4.69, 9.17) is 0 Å². The Labute approximate surface area is 170 Å². The normalized spacial score (nSPS) is 10.7. The van der Waals surface area contributed by atoms with E-state index in [1.54, 1.807) is 17.5 Å². The summed E-state index contributed by atoms with van der Waals surface area (Å²) < 4.78 is 26.5. The topological polar surface area (TPSA) is 42.0 Å². The van der Waals surface area contributed by atoms with Crippen LogP contribution in [0.1, 0.15) is 21.5 Å². The molecule has 3 aromatic carbocycles. The van der Waals surface area contributed by atoms with E-state index in [1.165, 1.54) is 23.0 Å². The highest BCUT2D eigenvalue weighted by atomic mass is 32.1. The number of amides is 1. The first-order valence-electron chi connectivity index (χ1n) is 8.93. The van der Waals surface area contributed by atoms with E-state index in [9.17, 15) is 13.6 Å². The zero-order valence-corrected chi connectivity index (χ0v) is 16.0. The number of carbonyl (C=O) groups is 1. The molecule has 0 atom stereocenters. The van der Waals surface area contributed by atoms with Gasteiger partial charge in [-0.3, -0.25) is 10.1 Å². The summed E-state index contributed by atoms with van der Waals surface area (Å²) in [7, 11) is 0. The largest absolute Gasteiger partial charge is 0.298 e. The summed E-state index contributed by atoms with van der Waals surface area (Å²) in [4.78, 5) is 16.8. The van der Waals surface area contributed by atoms with Crippen molar-refractivity contribution >= 4 is 22.4 Å². The Morgan fingerprint density at radius 2 is 1.62 bits per heavy atom. The first-order valence-corrected chi connectivity index (χ1v) is 9.81. The monoisotopic (exact) mass is 406 g/mol. The van der Waals surface area contributed by atoms with Crippen LogP contribution < -0.4 is 5.32 Å². The number of thiazole rings is 1. The van der Waals surface area contributed by atoms with Crippen molar-refractivity contribution in [1.82, 2.24) is 4.98 Å².